The average molecular weight is 296 g/mol. The van der Waals surface area contributed by atoms with E-state index in [0.717, 1.165) is 32.4 Å². The van der Waals surface area contributed by atoms with Gasteiger partial charge in [-0.3, -0.25) is 9.59 Å². The van der Waals surface area contributed by atoms with Gasteiger partial charge in [0.1, 0.15) is 0 Å². The minimum Gasteiger partial charge on any atom is -0.381 e. The van der Waals surface area contributed by atoms with E-state index in [1.807, 2.05) is 4.90 Å². The number of piperidine rings is 1. The van der Waals surface area contributed by atoms with E-state index in [1.165, 1.54) is 26.2 Å². The summed E-state index contributed by atoms with van der Waals surface area (Å²) in [5.74, 6) is 0.189. The second-order valence-corrected chi connectivity index (χ2v) is 6.48. The molecule has 2 atom stereocenters. The Morgan fingerprint density at radius 2 is 2.10 bits per heavy atom. The first-order valence-corrected chi connectivity index (χ1v) is 8.12. The molecule has 1 heterocycles. The third kappa shape index (κ3) is 3.96. The van der Waals surface area contributed by atoms with Crippen LogP contribution in [0.3, 0.4) is 0 Å². The molecule has 1 aliphatic heterocycles. The molecule has 2 amide bonds. The van der Waals surface area contributed by atoms with Gasteiger partial charge in [0, 0.05) is 45.5 Å². The lowest BCUT2D eigenvalue weighted by atomic mass is 9.76. The fourth-order valence-electron chi connectivity index (χ4n) is 3.98. The SMILES string of the molecule is CO[C@@H]1CCC[C@]12CCCN(C(=O)CCCNC(C)=O)C2. The van der Waals surface area contributed by atoms with Crippen molar-refractivity contribution in [3.63, 3.8) is 0 Å². The van der Waals surface area contributed by atoms with Gasteiger partial charge in [0.15, 0.2) is 0 Å². The number of amides is 2. The van der Waals surface area contributed by atoms with Crippen molar-refractivity contribution in [2.24, 2.45) is 5.41 Å². The molecule has 2 rings (SSSR count). The van der Waals surface area contributed by atoms with Crippen LogP contribution in [0.5, 0.6) is 0 Å². The lowest BCUT2D eigenvalue weighted by Crippen LogP contribution is -2.49. The second-order valence-electron chi connectivity index (χ2n) is 6.48. The van der Waals surface area contributed by atoms with Crippen LogP contribution in [0.15, 0.2) is 0 Å². The van der Waals surface area contributed by atoms with Crippen LogP contribution in [0.25, 0.3) is 0 Å². The Labute approximate surface area is 127 Å². The molecule has 1 N–H and O–H groups in total. The molecule has 21 heavy (non-hydrogen) atoms. The molecule has 0 aromatic rings. The first-order chi connectivity index (χ1) is 10.1. The van der Waals surface area contributed by atoms with E-state index in [0.29, 0.717) is 19.1 Å². The predicted octanol–water partition coefficient (Wildman–Crippen LogP) is 1.71. The van der Waals surface area contributed by atoms with Crippen LogP contribution >= 0.6 is 0 Å². The molecule has 120 valence electrons. The molecule has 0 unspecified atom stereocenters. The van der Waals surface area contributed by atoms with E-state index in [4.69, 9.17) is 4.74 Å². The fraction of sp³-hybridized carbons (Fsp3) is 0.875. The predicted molar refractivity (Wildman–Crippen MR) is 80.8 cm³/mol. The van der Waals surface area contributed by atoms with E-state index in [9.17, 15) is 9.59 Å². The molecule has 1 spiro atoms. The van der Waals surface area contributed by atoms with Crippen molar-refractivity contribution in [1.82, 2.24) is 10.2 Å². The summed E-state index contributed by atoms with van der Waals surface area (Å²) in [6.45, 7) is 3.81. The van der Waals surface area contributed by atoms with Gasteiger partial charge in [-0.1, -0.05) is 6.42 Å². The first kappa shape index (κ1) is 16.3. The van der Waals surface area contributed by atoms with Crippen LogP contribution in [0, 0.1) is 5.41 Å². The summed E-state index contributed by atoms with van der Waals surface area (Å²) in [7, 11) is 1.80. The first-order valence-electron chi connectivity index (χ1n) is 8.12. The molecule has 2 fully saturated rings. The number of ether oxygens (including phenoxy) is 1. The van der Waals surface area contributed by atoms with Gasteiger partial charge in [-0.15, -0.1) is 0 Å². The molecule has 0 bridgehead atoms. The Morgan fingerprint density at radius 1 is 1.33 bits per heavy atom. The molecular formula is C16H28N2O3. The number of nitrogens with one attached hydrogen (secondary N) is 1. The smallest absolute Gasteiger partial charge is 0.222 e. The molecule has 0 radical (unpaired) electrons. The standard InChI is InChI=1S/C16H28N2O3/c1-13(19)17-10-4-7-15(20)18-11-5-9-16(12-18)8-3-6-14(16)21-2/h14H,3-12H2,1-2H3,(H,17,19)/t14-,16-/m1/s1. The monoisotopic (exact) mass is 296 g/mol. The molecule has 2 aliphatic rings. The number of methoxy groups -OCH3 is 1. The van der Waals surface area contributed by atoms with Crippen LogP contribution < -0.4 is 5.32 Å². The third-order valence-electron chi connectivity index (χ3n) is 5.01. The van der Waals surface area contributed by atoms with Crippen molar-refractivity contribution in [3.05, 3.63) is 0 Å². The van der Waals surface area contributed by atoms with Crippen LogP contribution in [0.4, 0.5) is 0 Å². The van der Waals surface area contributed by atoms with E-state index < -0.39 is 0 Å². The molecule has 5 heteroatoms. The molecule has 0 aromatic heterocycles. The summed E-state index contributed by atoms with van der Waals surface area (Å²) in [5.41, 5.74) is 0.195. The Bertz CT molecular complexity index is 386. The van der Waals surface area contributed by atoms with Gasteiger partial charge in [0.2, 0.25) is 11.8 Å². The summed E-state index contributed by atoms with van der Waals surface area (Å²) < 4.78 is 5.67. The minimum absolute atomic E-state index is 0.0340. The molecule has 1 aliphatic carbocycles. The highest BCUT2D eigenvalue weighted by molar-refractivity contribution is 5.76. The molecule has 0 aromatic carbocycles. The third-order valence-corrected chi connectivity index (χ3v) is 5.01. The highest BCUT2D eigenvalue weighted by Crippen LogP contribution is 2.46. The number of hydrogen-bond donors (Lipinski definition) is 1. The van der Waals surface area contributed by atoms with Crippen molar-refractivity contribution in [2.45, 2.75) is 58.0 Å². The van der Waals surface area contributed by atoms with E-state index in [-0.39, 0.29) is 17.2 Å². The molecular weight excluding hydrogens is 268 g/mol. The second kappa shape index (κ2) is 7.25. The lowest BCUT2D eigenvalue weighted by Gasteiger charge is -2.43. The van der Waals surface area contributed by atoms with Gasteiger partial charge in [-0.05, 0) is 32.1 Å². The summed E-state index contributed by atoms with van der Waals surface area (Å²) in [6.07, 6.45) is 7.33. The molecule has 5 nitrogen and oxygen atoms in total. The average Bonchev–Trinajstić information content (AvgIpc) is 2.85. The highest BCUT2D eigenvalue weighted by Gasteiger charge is 2.46. The topological polar surface area (TPSA) is 58.6 Å². The number of hydrogen-bond acceptors (Lipinski definition) is 3. The van der Waals surface area contributed by atoms with Gasteiger partial charge in [-0.2, -0.15) is 0 Å². The van der Waals surface area contributed by atoms with E-state index >= 15 is 0 Å². The van der Waals surface area contributed by atoms with Crippen molar-refractivity contribution >= 4 is 11.8 Å². The van der Waals surface area contributed by atoms with Crippen LogP contribution in [0.1, 0.15) is 51.9 Å². The van der Waals surface area contributed by atoms with Crippen LogP contribution in [0.2, 0.25) is 0 Å². The quantitative estimate of drug-likeness (QED) is 0.786. The van der Waals surface area contributed by atoms with Gasteiger partial charge < -0.3 is 15.0 Å². The number of carbonyl (C=O) groups is 2. The zero-order valence-corrected chi connectivity index (χ0v) is 13.3. The van der Waals surface area contributed by atoms with Crippen molar-refractivity contribution < 1.29 is 14.3 Å². The fourth-order valence-corrected chi connectivity index (χ4v) is 3.98. The van der Waals surface area contributed by atoms with Crippen molar-refractivity contribution in [3.8, 4) is 0 Å². The molecule has 1 saturated heterocycles. The maximum absolute atomic E-state index is 12.4. The summed E-state index contributed by atoms with van der Waals surface area (Å²) in [5, 5.41) is 2.74. The zero-order valence-electron chi connectivity index (χ0n) is 13.3. The number of carbonyl (C=O) groups excluding carboxylic acids is 2. The largest absolute Gasteiger partial charge is 0.381 e. The Kier molecular flexibility index (Phi) is 5.62. The summed E-state index contributed by atoms with van der Waals surface area (Å²) in [6, 6.07) is 0. The van der Waals surface area contributed by atoms with Crippen LogP contribution in [-0.4, -0.2) is 49.6 Å². The normalized spacial score (nSPS) is 28.9. The van der Waals surface area contributed by atoms with Crippen molar-refractivity contribution in [1.29, 1.82) is 0 Å². The highest BCUT2D eigenvalue weighted by atomic mass is 16.5. The van der Waals surface area contributed by atoms with Gasteiger partial charge in [0.05, 0.1) is 6.10 Å². The Balaban J connectivity index is 1.83. The maximum Gasteiger partial charge on any atom is 0.222 e. The van der Waals surface area contributed by atoms with E-state index in [1.54, 1.807) is 7.11 Å². The Morgan fingerprint density at radius 3 is 2.81 bits per heavy atom. The zero-order chi connectivity index (χ0) is 15.3. The summed E-state index contributed by atoms with van der Waals surface area (Å²) >= 11 is 0. The van der Waals surface area contributed by atoms with E-state index in [2.05, 4.69) is 5.32 Å². The molecule has 1 saturated carbocycles. The number of likely N-dealkylation sites (tertiary alicyclic amines) is 1. The maximum atomic E-state index is 12.4. The van der Waals surface area contributed by atoms with Gasteiger partial charge in [0.25, 0.3) is 0 Å². The summed E-state index contributed by atoms with van der Waals surface area (Å²) in [4.78, 5) is 25.2. The van der Waals surface area contributed by atoms with Crippen molar-refractivity contribution in [2.75, 3.05) is 26.7 Å². The van der Waals surface area contributed by atoms with Gasteiger partial charge >= 0.3 is 0 Å². The number of rotatable bonds is 5. The van der Waals surface area contributed by atoms with Gasteiger partial charge in [-0.25, -0.2) is 0 Å². The lowest BCUT2D eigenvalue weighted by molar-refractivity contribution is -0.137. The Hall–Kier alpha value is -1.10. The minimum atomic E-state index is -0.0340. The van der Waals surface area contributed by atoms with Crippen LogP contribution in [-0.2, 0) is 14.3 Å². The number of nitrogens with zero attached hydrogens (tertiary/aromatic N) is 1.